The quantitative estimate of drug-likeness (QED) is 0.606. The van der Waals surface area contributed by atoms with Crippen LogP contribution in [0.25, 0.3) is 0 Å². The second kappa shape index (κ2) is 4.72. The summed E-state index contributed by atoms with van der Waals surface area (Å²) in [7, 11) is 0. The Bertz CT molecular complexity index is 267. The summed E-state index contributed by atoms with van der Waals surface area (Å²) in [4.78, 5) is 5.56. The van der Waals surface area contributed by atoms with Crippen molar-refractivity contribution in [2.24, 2.45) is 5.90 Å². The van der Waals surface area contributed by atoms with Crippen LogP contribution in [0.2, 0.25) is 5.02 Å². The van der Waals surface area contributed by atoms with Gasteiger partial charge in [-0.1, -0.05) is 17.7 Å². The van der Waals surface area contributed by atoms with Gasteiger partial charge in [0.05, 0.1) is 11.6 Å². The summed E-state index contributed by atoms with van der Waals surface area (Å²) in [6, 6.07) is 5.77. The zero-order valence-electron chi connectivity index (χ0n) is 6.71. The summed E-state index contributed by atoms with van der Waals surface area (Å²) in [5.41, 5.74) is 0.986. The molecule has 0 spiro atoms. The van der Waals surface area contributed by atoms with Crippen molar-refractivity contribution in [3.8, 4) is 0 Å². The maximum atomic E-state index is 5.95. The maximum absolute atomic E-state index is 5.95. The third-order valence-corrected chi connectivity index (χ3v) is 2.69. The third kappa shape index (κ3) is 2.38. The van der Waals surface area contributed by atoms with E-state index < -0.39 is 0 Å². The van der Waals surface area contributed by atoms with Gasteiger partial charge in [0.15, 0.2) is 0 Å². The molecule has 4 heteroatoms. The van der Waals surface area contributed by atoms with Gasteiger partial charge in [0.1, 0.15) is 0 Å². The molecule has 0 aliphatic carbocycles. The molecule has 0 fully saturated rings. The minimum Gasteiger partial charge on any atom is -0.300 e. The molecule has 0 radical (unpaired) electrons. The smallest absolute Gasteiger partial charge is 0.0930 e. The summed E-state index contributed by atoms with van der Waals surface area (Å²) in [5.74, 6) is 4.93. The van der Waals surface area contributed by atoms with Crippen molar-refractivity contribution in [2.75, 3.05) is 6.26 Å². The van der Waals surface area contributed by atoms with Gasteiger partial charge in [-0.25, -0.2) is 5.90 Å². The van der Waals surface area contributed by atoms with E-state index in [1.165, 1.54) is 0 Å². The number of nitrogens with two attached hydrogens (primary N) is 1. The standard InChI is InChI=1S/C8H10ClNOS/c1-12-8-3-2-6(5-11-10)4-7(8)9/h2-4H,5,10H2,1H3. The molecule has 1 aromatic rings. The van der Waals surface area contributed by atoms with Crippen LogP contribution >= 0.6 is 23.4 Å². The highest BCUT2D eigenvalue weighted by Gasteiger charge is 1.99. The number of halogens is 1. The fraction of sp³-hybridized carbons (Fsp3) is 0.250. The second-order valence-electron chi connectivity index (χ2n) is 2.28. The predicted molar refractivity (Wildman–Crippen MR) is 52.2 cm³/mol. The summed E-state index contributed by atoms with van der Waals surface area (Å²) in [6.45, 7) is 0.397. The van der Waals surface area contributed by atoms with Crippen LogP contribution in [-0.2, 0) is 11.4 Å². The Morgan fingerprint density at radius 3 is 2.83 bits per heavy atom. The van der Waals surface area contributed by atoms with Gasteiger partial charge in [0, 0.05) is 4.90 Å². The molecule has 0 aromatic heterocycles. The highest BCUT2D eigenvalue weighted by Crippen LogP contribution is 2.25. The molecule has 0 aliphatic rings. The van der Waals surface area contributed by atoms with Gasteiger partial charge in [0.25, 0.3) is 0 Å². The predicted octanol–water partition coefficient (Wildman–Crippen LogP) is 2.45. The average molecular weight is 204 g/mol. The topological polar surface area (TPSA) is 35.2 Å². The normalized spacial score (nSPS) is 10.2. The van der Waals surface area contributed by atoms with Crippen LogP contribution in [0.5, 0.6) is 0 Å². The van der Waals surface area contributed by atoms with Gasteiger partial charge in [-0.2, -0.15) is 0 Å². The third-order valence-electron chi connectivity index (χ3n) is 1.47. The molecular weight excluding hydrogens is 194 g/mol. The molecule has 0 amide bonds. The van der Waals surface area contributed by atoms with E-state index in [2.05, 4.69) is 4.84 Å². The summed E-state index contributed by atoms with van der Waals surface area (Å²) in [5, 5.41) is 0.747. The van der Waals surface area contributed by atoms with E-state index in [1.807, 2.05) is 24.5 Å². The molecule has 0 aliphatic heterocycles. The molecule has 0 saturated heterocycles. The van der Waals surface area contributed by atoms with Gasteiger partial charge < -0.3 is 0 Å². The summed E-state index contributed by atoms with van der Waals surface area (Å²) < 4.78 is 0. The van der Waals surface area contributed by atoms with E-state index in [0.717, 1.165) is 15.5 Å². The summed E-state index contributed by atoms with van der Waals surface area (Å²) >= 11 is 7.57. The Morgan fingerprint density at radius 1 is 1.58 bits per heavy atom. The Hall–Kier alpha value is -0.220. The van der Waals surface area contributed by atoms with Crippen LogP contribution in [0.3, 0.4) is 0 Å². The molecular formula is C8H10ClNOS. The highest BCUT2D eigenvalue weighted by molar-refractivity contribution is 7.98. The van der Waals surface area contributed by atoms with E-state index in [9.17, 15) is 0 Å². The number of hydrogen-bond donors (Lipinski definition) is 1. The van der Waals surface area contributed by atoms with E-state index in [0.29, 0.717) is 6.61 Å². The van der Waals surface area contributed by atoms with Crippen molar-refractivity contribution in [2.45, 2.75) is 11.5 Å². The molecule has 2 N–H and O–H groups in total. The maximum Gasteiger partial charge on any atom is 0.0930 e. The molecule has 2 nitrogen and oxygen atoms in total. The molecule has 0 heterocycles. The van der Waals surface area contributed by atoms with E-state index in [-0.39, 0.29) is 0 Å². The largest absolute Gasteiger partial charge is 0.300 e. The van der Waals surface area contributed by atoms with Crippen molar-refractivity contribution in [3.05, 3.63) is 28.8 Å². The van der Waals surface area contributed by atoms with Crippen LogP contribution in [0.1, 0.15) is 5.56 Å². The van der Waals surface area contributed by atoms with Crippen LogP contribution in [0.4, 0.5) is 0 Å². The first-order valence-corrected chi connectivity index (χ1v) is 5.02. The second-order valence-corrected chi connectivity index (χ2v) is 3.54. The first kappa shape index (κ1) is 9.86. The van der Waals surface area contributed by atoms with Crippen molar-refractivity contribution < 1.29 is 4.84 Å². The molecule has 66 valence electrons. The minimum absolute atomic E-state index is 0.397. The molecule has 0 saturated carbocycles. The van der Waals surface area contributed by atoms with Crippen molar-refractivity contribution in [1.82, 2.24) is 0 Å². The van der Waals surface area contributed by atoms with E-state index >= 15 is 0 Å². The lowest BCUT2D eigenvalue weighted by Crippen LogP contribution is -1.98. The molecule has 12 heavy (non-hydrogen) atoms. The minimum atomic E-state index is 0.397. The first-order chi connectivity index (χ1) is 5.77. The first-order valence-electron chi connectivity index (χ1n) is 3.42. The Labute approximate surface area is 81.0 Å². The van der Waals surface area contributed by atoms with Crippen molar-refractivity contribution in [3.63, 3.8) is 0 Å². The number of rotatable bonds is 3. The molecule has 0 unspecified atom stereocenters. The Morgan fingerprint density at radius 2 is 2.33 bits per heavy atom. The number of hydrogen-bond acceptors (Lipinski definition) is 3. The number of thioether (sulfide) groups is 1. The van der Waals surface area contributed by atoms with Crippen molar-refractivity contribution >= 4 is 23.4 Å². The van der Waals surface area contributed by atoms with Gasteiger partial charge >= 0.3 is 0 Å². The SMILES string of the molecule is CSc1ccc(CON)cc1Cl. The monoisotopic (exact) mass is 203 g/mol. The Kier molecular flexibility index (Phi) is 3.88. The fourth-order valence-corrected chi connectivity index (χ4v) is 1.79. The molecule has 1 aromatic carbocycles. The van der Waals surface area contributed by atoms with Crippen LogP contribution < -0.4 is 5.90 Å². The zero-order valence-corrected chi connectivity index (χ0v) is 8.28. The molecule has 1 rings (SSSR count). The molecule has 0 atom stereocenters. The van der Waals surface area contributed by atoms with Crippen LogP contribution in [0.15, 0.2) is 23.1 Å². The van der Waals surface area contributed by atoms with Crippen molar-refractivity contribution in [1.29, 1.82) is 0 Å². The van der Waals surface area contributed by atoms with Crippen LogP contribution in [0, 0.1) is 0 Å². The van der Waals surface area contributed by atoms with E-state index in [1.54, 1.807) is 11.8 Å². The van der Waals surface area contributed by atoms with Gasteiger partial charge in [-0.3, -0.25) is 4.84 Å². The van der Waals surface area contributed by atoms with Gasteiger partial charge in [-0.05, 0) is 24.0 Å². The Balaban J connectivity index is 2.86. The molecule has 0 bridgehead atoms. The lowest BCUT2D eigenvalue weighted by molar-refractivity contribution is 0.124. The van der Waals surface area contributed by atoms with Gasteiger partial charge in [0.2, 0.25) is 0 Å². The van der Waals surface area contributed by atoms with E-state index in [4.69, 9.17) is 17.5 Å². The van der Waals surface area contributed by atoms with Gasteiger partial charge in [-0.15, -0.1) is 11.8 Å². The fourth-order valence-electron chi connectivity index (χ4n) is 0.896. The van der Waals surface area contributed by atoms with Crippen LogP contribution in [-0.4, -0.2) is 6.26 Å². The zero-order chi connectivity index (χ0) is 8.97. The highest BCUT2D eigenvalue weighted by atomic mass is 35.5. The lowest BCUT2D eigenvalue weighted by Gasteiger charge is -2.03. The number of benzene rings is 1. The summed E-state index contributed by atoms with van der Waals surface area (Å²) in [6.07, 6.45) is 1.99. The lowest BCUT2D eigenvalue weighted by atomic mass is 10.2. The average Bonchev–Trinajstić information content (AvgIpc) is 2.05.